The maximum absolute atomic E-state index is 11.2. The first-order valence-electron chi connectivity index (χ1n) is 5.95. The van der Waals surface area contributed by atoms with Crippen LogP contribution in [-0.2, 0) is 13.5 Å². The number of nitrogens with zero attached hydrogens (tertiary/aromatic N) is 2. The first-order chi connectivity index (χ1) is 8.70. The average Bonchev–Trinajstić information content (AvgIpc) is 2.94. The van der Waals surface area contributed by atoms with Gasteiger partial charge in [0.25, 0.3) is 0 Å². The van der Waals surface area contributed by atoms with E-state index >= 15 is 0 Å². The van der Waals surface area contributed by atoms with Crippen LogP contribution >= 0.6 is 0 Å². The van der Waals surface area contributed by atoms with E-state index in [1.54, 1.807) is 0 Å². The molecule has 18 heavy (non-hydrogen) atoms. The number of aromatic nitrogens is 2. The van der Waals surface area contributed by atoms with Crippen LogP contribution in [0.5, 0.6) is 5.75 Å². The van der Waals surface area contributed by atoms with Crippen molar-refractivity contribution in [3.8, 4) is 17.0 Å². The number of hydrogen-bond donors (Lipinski definition) is 0. The number of imidazole rings is 1. The zero-order chi connectivity index (χ0) is 12.7. The van der Waals surface area contributed by atoms with Gasteiger partial charge in [-0.15, -0.1) is 0 Å². The molecule has 1 aliphatic heterocycles. The third-order valence-electron chi connectivity index (χ3n) is 3.44. The molecule has 0 bridgehead atoms. The highest BCUT2D eigenvalue weighted by Crippen LogP contribution is 2.31. The van der Waals surface area contributed by atoms with E-state index in [1.807, 2.05) is 30.7 Å². The van der Waals surface area contributed by atoms with E-state index < -0.39 is 0 Å². The van der Waals surface area contributed by atoms with Crippen LogP contribution in [0.15, 0.2) is 18.2 Å². The highest BCUT2D eigenvalue weighted by molar-refractivity contribution is 5.84. The van der Waals surface area contributed by atoms with Gasteiger partial charge >= 0.3 is 0 Å². The summed E-state index contributed by atoms with van der Waals surface area (Å²) in [5.74, 6) is 1.78. The normalized spacial score (nSPS) is 13.2. The molecule has 0 saturated heterocycles. The Hall–Kier alpha value is -2.10. The third-order valence-corrected chi connectivity index (χ3v) is 3.44. The van der Waals surface area contributed by atoms with Gasteiger partial charge in [-0.3, -0.25) is 4.79 Å². The smallest absolute Gasteiger partial charge is 0.168 e. The van der Waals surface area contributed by atoms with Gasteiger partial charge < -0.3 is 9.30 Å². The topological polar surface area (TPSA) is 44.1 Å². The largest absolute Gasteiger partial charge is 0.493 e. The lowest BCUT2D eigenvalue weighted by atomic mass is 10.1. The van der Waals surface area contributed by atoms with Crippen molar-refractivity contribution in [3.63, 3.8) is 0 Å². The molecular weight excluding hydrogens is 228 g/mol. The molecule has 1 aliphatic rings. The molecule has 0 saturated carbocycles. The van der Waals surface area contributed by atoms with Crippen molar-refractivity contribution in [2.24, 2.45) is 7.05 Å². The number of fused-ring (bicyclic) bond motifs is 1. The zero-order valence-electron chi connectivity index (χ0n) is 10.4. The van der Waals surface area contributed by atoms with Gasteiger partial charge in [0.15, 0.2) is 6.29 Å². The molecule has 2 aromatic rings. The summed E-state index contributed by atoms with van der Waals surface area (Å²) in [4.78, 5) is 15.7. The van der Waals surface area contributed by atoms with Crippen LogP contribution < -0.4 is 4.74 Å². The van der Waals surface area contributed by atoms with Gasteiger partial charge in [-0.1, -0.05) is 0 Å². The quantitative estimate of drug-likeness (QED) is 0.758. The number of benzene rings is 1. The van der Waals surface area contributed by atoms with E-state index in [-0.39, 0.29) is 0 Å². The molecule has 0 unspecified atom stereocenters. The summed E-state index contributed by atoms with van der Waals surface area (Å²) in [7, 11) is 1.85. The fourth-order valence-corrected chi connectivity index (χ4v) is 2.31. The lowest BCUT2D eigenvalue weighted by Crippen LogP contribution is -1.97. The molecule has 3 rings (SSSR count). The van der Waals surface area contributed by atoms with Crippen molar-refractivity contribution in [3.05, 3.63) is 35.3 Å². The van der Waals surface area contributed by atoms with Gasteiger partial charge in [0, 0.05) is 19.0 Å². The van der Waals surface area contributed by atoms with Gasteiger partial charge in [-0.2, -0.15) is 0 Å². The van der Waals surface area contributed by atoms with Crippen LogP contribution in [0.1, 0.15) is 21.9 Å². The highest BCUT2D eigenvalue weighted by atomic mass is 16.5. The number of aldehydes is 1. The minimum atomic E-state index is 0.617. The predicted molar refractivity (Wildman–Crippen MR) is 68.0 cm³/mol. The van der Waals surface area contributed by atoms with Crippen LogP contribution in [0.25, 0.3) is 11.3 Å². The summed E-state index contributed by atoms with van der Waals surface area (Å²) in [5.41, 5.74) is 3.53. The number of ether oxygens (including phenoxy) is 1. The van der Waals surface area contributed by atoms with Crippen molar-refractivity contribution in [1.29, 1.82) is 0 Å². The second-order valence-electron chi connectivity index (χ2n) is 4.49. The van der Waals surface area contributed by atoms with Crippen LogP contribution in [0.4, 0.5) is 0 Å². The van der Waals surface area contributed by atoms with E-state index in [4.69, 9.17) is 4.74 Å². The summed E-state index contributed by atoms with van der Waals surface area (Å²) >= 11 is 0. The SMILES string of the molecule is Cc1nc(-c2ccc3c(c2)CCO3)c(C=O)n1C. The molecule has 0 N–H and O–H groups in total. The monoisotopic (exact) mass is 242 g/mol. The Morgan fingerprint density at radius 3 is 3.06 bits per heavy atom. The van der Waals surface area contributed by atoms with Gasteiger partial charge in [0.2, 0.25) is 0 Å². The van der Waals surface area contributed by atoms with Crippen molar-refractivity contribution < 1.29 is 9.53 Å². The van der Waals surface area contributed by atoms with E-state index in [1.165, 1.54) is 5.56 Å². The second kappa shape index (κ2) is 3.98. The molecule has 1 aromatic heterocycles. The molecule has 0 radical (unpaired) electrons. The molecule has 0 atom stereocenters. The first kappa shape index (κ1) is 11.0. The van der Waals surface area contributed by atoms with E-state index in [0.717, 1.165) is 42.1 Å². The molecule has 0 fully saturated rings. The standard InChI is InChI=1S/C14H14N2O2/c1-9-15-14(12(8-17)16(9)2)11-3-4-13-10(7-11)5-6-18-13/h3-4,7-8H,5-6H2,1-2H3. The van der Waals surface area contributed by atoms with Gasteiger partial charge in [-0.25, -0.2) is 4.98 Å². The summed E-state index contributed by atoms with van der Waals surface area (Å²) in [5, 5.41) is 0. The minimum absolute atomic E-state index is 0.617. The van der Waals surface area contributed by atoms with Crippen molar-refractivity contribution in [2.75, 3.05) is 6.61 Å². The lowest BCUT2D eigenvalue weighted by Gasteiger charge is -2.03. The van der Waals surface area contributed by atoms with E-state index in [9.17, 15) is 4.79 Å². The van der Waals surface area contributed by atoms with Crippen molar-refractivity contribution >= 4 is 6.29 Å². The van der Waals surface area contributed by atoms with Crippen LogP contribution in [0.2, 0.25) is 0 Å². The minimum Gasteiger partial charge on any atom is -0.493 e. The van der Waals surface area contributed by atoms with Crippen LogP contribution in [0, 0.1) is 6.92 Å². The zero-order valence-corrected chi connectivity index (χ0v) is 10.4. The van der Waals surface area contributed by atoms with Gasteiger partial charge in [-0.05, 0) is 30.7 Å². The number of rotatable bonds is 2. The summed E-state index contributed by atoms with van der Waals surface area (Å²) < 4.78 is 7.29. The number of aryl methyl sites for hydroxylation is 1. The van der Waals surface area contributed by atoms with E-state index in [2.05, 4.69) is 11.1 Å². The van der Waals surface area contributed by atoms with Crippen molar-refractivity contribution in [1.82, 2.24) is 9.55 Å². The summed E-state index contributed by atoms with van der Waals surface area (Å²) in [6.07, 6.45) is 1.78. The Bertz CT molecular complexity index is 629. The second-order valence-corrected chi connectivity index (χ2v) is 4.49. The average molecular weight is 242 g/mol. The fraction of sp³-hybridized carbons (Fsp3) is 0.286. The molecule has 0 amide bonds. The Labute approximate surface area is 105 Å². The third kappa shape index (κ3) is 1.53. The van der Waals surface area contributed by atoms with Crippen molar-refractivity contribution in [2.45, 2.75) is 13.3 Å². The van der Waals surface area contributed by atoms with Crippen LogP contribution in [0.3, 0.4) is 0 Å². The fourth-order valence-electron chi connectivity index (χ4n) is 2.31. The highest BCUT2D eigenvalue weighted by Gasteiger charge is 2.17. The maximum Gasteiger partial charge on any atom is 0.168 e. The molecule has 0 aliphatic carbocycles. The summed E-state index contributed by atoms with van der Waals surface area (Å²) in [6, 6.07) is 5.98. The Morgan fingerprint density at radius 1 is 1.44 bits per heavy atom. The molecule has 2 heterocycles. The van der Waals surface area contributed by atoms with Gasteiger partial charge in [0.05, 0.1) is 12.3 Å². The first-order valence-corrected chi connectivity index (χ1v) is 5.95. The maximum atomic E-state index is 11.2. The number of carbonyl (C=O) groups excluding carboxylic acids is 1. The Balaban J connectivity index is 2.15. The molecule has 1 aromatic carbocycles. The number of hydrogen-bond acceptors (Lipinski definition) is 3. The molecule has 4 nitrogen and oxygen atoms in total. The van der Waals surface area contributed by atoms with Gasteiger partial charge in [0.1, 0.15) is 17.3 Å². The van der Waals surface area contributed by atoms with E-state index in [0.29, 0.717) is 5.69 Å². The number of carbonyl (C=O) groups is 1. The van der Waals surface area contributed by atoms with Crippen LogP contribution in [-0.4, -0.2) is 22.4 Å². The summed E-state index contributed by atoms with van der Waals surface area (Å²) in [6.45, 7) is 2.63. The Morgan fingerprint density at radius 2 is 2.28 bits per heavy atom. The molecular formula is C14H14N2O2. The Kier molecular flexibility index (Phi) is 2.44. The molecule has 92 valence electrons. The molecule has 0 spiro atoms. The lowest BCUT2D eigenvalue weighted by molar-refractivity contribution is 0.111. The predicted octanol–water partition coefficient (Wildman–Crippen LogP) is 2.14. The molecule has 4 heteroatoms.